The average molecular weight is 410 g/mol. The highest BCUT2D eigenvalue weighted by Crippen LogP contribution is 2.28. The molecule has 1 heterocycles. The summed E-state index contributed by atoms with van der Waals surface area (Å²) in [6.07, 6.45) is 0.966. The molecule has 0 saturated heterocycles. The molecule has 0 aliphatic rings. The molecular formula is C22H23N3O3S. The molecule has 2 amide bonds. The molecule has 0 aliphatic heterocycles. The Morgan fingerprint density at radius 2 is 1.86 bits per heavy atom. The molecule has 2 N–H and O–H groups in total. The Morgan fingerprint density at radius 1 is 1.07 bits per heavy atom. The maximum atomic E-state index is 12.5. The summed E-state index contributed by atoms with van der Waals surface area (Å²) in [5.41, 5.74) is 1.67. The average Bonchev–Trinajstić information content (AvgIpc) is 3.11. The highest BCUT2D eigenvalue weighted by atomic mass is 32.2. The summed E-state index contributed by atoms with van der Waals surface area (Å²) >= 11 is 1.45. The Labute approximate surface area is 174 Å². The van der Waals surface area contributed by atoms with E-state index in [4.69, 9.17) is 4.52 Å². The van der Waals surface area contributed by atoms with Crippen LogP contribution in [0.3, 0.4) is 0 Å². The van der Waals surface area contributed by atoms with Crippen LogP contribution in [0.25, 0.3) is 0 Å². The lowest BCUT2D eigenvalue weighted by molar-refractivity contribution is -0.116. The molecule has 29 heavy (non-hydrogen) atoms. The van der Waals surface area contributed by atoms with Crippen LogP contribution in [0.4, 0.5) is 11.5 Å². The molecule has 3 rings (SSSR count). The van der Waals surface area contributed by atoms with Crippen molar-refractivity contribution in [1.29, 1.82) is 0 Å². The standard InChI is InChI=1S/C22H23N3O3S/c1-3-19(22(27)24-20-12-15(2)28-25-20)29-18-11-7-10-17(14-18)23-21(26)13-16-8-5-4-6-9-16/h4-12,14,19H,3,13H2,1-2H3,(H,23,26)(H,24,25,27). The van der Waals surface area contributed by atoms with E-state index in [0.717, 1.165) is 10.5 Å². The van der Waals surface area contributed by atoms with Gasteiger partial charge in [0.2, 0.25) is 11.8 Å². The summed E-state index contributed by atoms with van der Waals surface area (Å²) in [6, 6.07) is 18.8. The third-order valence-electron chi connectivity index (χ3n) is 4.15. The van der Waals surface area contributed by atoms with Gasteiger partial charge in [-0.25, -0.2) is 0 Å². The first-order valence-electron chi connectivity index (χ1n) is 9.38. The van der Waals surface area contributed by atoms with Crippen molar-refractivity contribution in [3.63, 3.8) is 0 Å². The maximum Gasteiger partial charge on any atom is 0.239 e. The van der Waals surface area contributed by atoms with Gasteiger partial charge in [0.05, 0.1) is 11.7 Å². The number of aromatic nitrogens is 1. The number of carbonyl (C=O) groups is 2. The zero-order valence-corrected chi connectivity index (χ0v) is 17.2. The highest BCUT2D eigenvalue weighted by molar-refractivity contribution is 8.00. The van der Waals surface area contributed by atoms with Gasteiger partial charge >= 0.3 is 0 Å². The number of anilines is 2. The predicted octanol–water partition coefficient (Wildman–Crippen LogP) is 4.67. The van der Waals surface area contributed by atoms with Crippen LogP contribution in [0.1, 0.15) is 24.7 Å². The third-order valence-corrected chi connectivity index (χ3v) is 5.50. The lowest BCUT2D eigenvalue weighted by atomic mass is 10.1. The van der Waals surface area contributed by atoms with Gasteiger partial charge in [-0.15, -0.1) is 11.8 Å². The van der Waals surface area contributed by atoms with Gasteiger partial charge in [0.1, 0.15) is 5.76 Å². The lowest BCUT2D eigenvalue weighted by Crippen LogP contribution is -2.24. The second-order valence-corrected chi connectivity index (χ2v) is 7.84. The van der Waals surface area contributed by atoms with Crippen molar-refractivity contribution in [2.45, 2.75) is 36.8 Å². The van der Waals surface area contributed by atoms with Crippen LogP contribution in [-0.2, 0) is 16.0 Å². The SMILES string of the molecule is CCC(Sc1cccc(NC(=O)Cc2ccccc2)c1)C(=O)Nc1cc(C)on1. The van der Waals surface area contributed by atoms with Crippen LogP contribution in [0.2, 0.25) is 0 Å². The quantitative estimate of drug-likeness (QED) is 0.528. The van der Waals surface area contributed by atoms with Crippen LogP contribution in [0, 0.1) is 6.92 Å². The van der Waals surface area contributed by atoms with Crippen molar-refractivity contribution in [2.24, 2.45) is 0 Å². The number of aryl methyl sites for hydroxylation is 1. The second-order valence-electron chi connectivity index (χ2n) is 6.57. The van der Waals surface area contributed by atoms with Crippen LogP contribution in [-0.4, -0.2) is 22.2 Å². The zero-order chi connectivity index (χ0) is 20.6. The zero-order valence-electron chi connectivity index (χ0n) is 16.3. The molecule has 0 bridgehead atoms. The molecule has 0 saturated carbocycles. The third kappa shape index (κ3) is 6.22. The van der Waals surface area contributed by atoms with Crippen LogP contribution < -0.4 is 10.6 Å². The minimum absolute atomic E-state index is 0.0791. The molecule has 2 aromatic carbocycles. The van der Waals surface area contributed by atoms with Crippen molar-refractivity contribution in [3.8, 4) is 0 Å². The van der Waals surface area contributed by atoms with Gasteiger partial charge in [-0.1, -0.05) is 48.5 Å². The van der Waals surface area contributed by atoms with E-state index in [9.17, 15) is 9.59 Å². The predicted molar refractivity (Wildman–Crippen MR) is 115 cm³/mol. The fourth-order valence-electron chi connectivity index (χ4n) is 2.75. The van der Waals surface area contributed by atoms with Gasteiger partial charge < -0.3 is 15.2 Å². The summed E-state index contributed by atoms with van der Waals surface area (Å²) in [7, 11) is 0. The van der Waals surface area contributed by atoms with E-state index in [0.29, 0.717) is 30.1 Å². The van der Waals surface area contributed by atoms with E-state index >= 15 is 0 Å². The second kappa shape index (κ2) is 9.93. The van der Waals surface area contributed by atoms with E-state index in [-0.39, 0.29) is 17.1 Å². The molecule has 150 valence electrons. The van der Waals surface area contributed by atoms with E-state index in [1.165, 1.54) is 11.8 Å². The Balaban J connectivity index is 1.60. The molecule has 6 nitrogen and oxygen atoms in total. The minimum Gasteiger partial charge on any atom is -0.360 e. The number of rotatable bonds is 8. The highest BCUT2D eigenvalue weighted by Gasteiger charge is 2.19. The molecule has 0 fully saturated rings. The number of thioether (sulfide) groups is 1. The molecule has 0 aliphatic carbocycles. The Bertz CT molecular complexity index is 972. The van der Waals surface area contributed by atoms with Crippen molar-refractivity contribution >= 4 is 35.1 Å². The van der Waals surface area contributed by atoms with Gasteiger partial charge in [0, 0.05) is 16.6 Å². The van der Waals surface area contributed by atoms with Gasteiger partial charge in [0.25, 0.3) is 0 Å². The summed E-state index contributed by atoms with van der Waals surface area (Å²) in [5, 5.41) is 9.20. The van der Waals surface area contributed by atoms with Crippen LogP contribution in [0.15, 0.2) is 70.1 Å². The van der Waals surface area contributed by atoms with Gasteiger partial charge in [0.15, 0.2) is 5.82 Å². The molecule has 7 heteroatoms. The molecule has 1 unspecified atom stereocenters. The van der Waals surface area contributed by atoms with E-state index in [1.54, 1.807) is 13.0 Å². The molecular weight excluding hydrogens is 386 g/mol. The molecule has 3 aromatic rings. The number of carbonyl (C=O) groups excluding carboxylic acids is 2. The van der Waals surface area contributed by atoms with Gasteiger partial charge in [-0.2, -0.15) is 0 Å². The fourth-order valence-corrected chi connectivity index (χ4v) is 3.77. The fraction of sp³-hybridized carbons (Fsp3) is 0.227. The Kier molecular flexibility index (Phi) is 7.08. The van der Waals surface area contributed by atoms with Crippen LogP contribution >= 0.6 is 11.8 Å². The smallest absolute Gasteiger partial charge is 0.239 e. The number of hydrogen-bond acceptors (Lipinski definition) is 5. The summed E-state index contributed by atoms with van der Waals surface area (Å²) < 4.78 is 4.98. The van der Waals surface area contributed by atoms with E-state index in [2.05, 4.69) is 15.8 Å². The summed E-state index contributed by atoms with van der Waals surface area (Å²) in [5.74, 6) is 0.835. The van der Waals surface area contributed by atoms with E-state index in [1.807, 2.05) is 61.5 Å². The van der Waals surface area contributed by atoms with Crippen molar-refractivity contribution in [2.75, 3.05) is 10.6 Å². The number of hydrogen-bond donors (Lipinski definition) is 2. The van der Waals surface area contributed by atoms with Crippen molar-refractivity contribution < 1.29 is 14.1 Å². The molecule has 0 spiro atoms. The Hall–Kier alpha value is -3.06. The first-order chi connectivity index (χ1) is 14.0. The summed E-state index contributed by atoms with van der Waals surface area (Å²) in [6.45, 7) is 3.73. The lowest BCUT2D eigenvalue weighted by Gasteiger charge is -2.14. The number of benzene rings is 2. The van der Waals surface area contributed by atoms with Gasteiger partial charge in [-0.3, -0.25) is 9.59 Å². The van der Waals surface area contributed by atoms with Gasteiger partial charge in [-0.05, 0) is 37.1 Å². The number of nitrogens with zero attached hydrogens (tertiary/aromatic N) is 1. The topological polar surface area (TPSA) is 84.2 Å². The maximum absolute atomic E-state index is 12.5. The summed E-state index contributed by atoms with van der Waals surface area (Å²) in [4.78, 5) is 25.7. The number of nitrogens with one attached hydrogen (secondary N) is 2. The number of amides is 2. The first-order valence-corrected chi connectivity index (χ1v) is 10.3. The van der Waals surface area contributed by atoms with Crippen LogP contribution in [0.5, 0.6) is 0 Å². The normalized spacial score (nSPS) is 11.7. The minimum atomic E-state index is -0.290. The van der Waals surface area contributed by atoms with Crippen molar-refractivity contribution in [1.82, 2.24) is 5.16 Å². The monoisotopic (exact) mass is 409 g/mol. The molecule has 1 atom stereocenters. The molecule has 1 aromatic heterocycles. The largest absolute Gasteiger partial charge is 0.360 e. The Morgan fingerprint density at radius 3 is 2.55 bits per heavy atom. The van der Waals surface area contributed by atoms with E-state index < -0.39 is 0 Å². The first kappa shape index (κ1) is 20.7. The van der Waals surface area contributed by atoms with Crippen molar-refractivity contribution in [3.05, 3.63) is 72.0 Å². The molecule has 0 radical (unpaired) electrons.